The van der Waals surface area contributed by atoms with Gasteiger partial charge in [0.25, 0.3) is 0 Å². The number of aryl methyl sites for hydroxylation is 1. The van der Waals surface area contributed by atoms with E-state index in [9.17, 15) is 10.1 Å². The van der Waals surface area contributed by atoms with Crippen LogP contribution in [0.2, 0.25) is 0 Å². The highest BCUT2D eigenvalue weighted by Crippen LogP contribution is 2.65. The molecule has 0 saturated carbocycles. The lowest BCUT2D eigenvalue weighted by atomic mass is 9.71. The monoisotopic (exact) mass is 854 g/mol. The summed E-state index contributed by atoms with van der Waals surface area (Å²) in [7, 11) is 5.37. The van der Waals surface area contributed by atoms with Crippen molar-refractivity contribution in [2.24, 2.45) is 0 Å². The third kappa shape index (κ3) is 6.30. The number of likely N-dealkylation sites (N-methyl/N-ethyl adjacent to an activating group) is 1. The normalized spacial score (nSPS) is 27.2. The molecule has 0 aromatic heterocycles. The molecule has 2 fully saturated rings. The van der Waals surface area contributed by atoms with Gasteiger partial charge in [0.1, 0.15) is 18.4 Å². The van der Waals surface area contributed by atoms with Crippen LogP contribution < -0.4 is 38.5 Å². The van der Waals surface area contributed by atoms with Crippen LogP contribution in [0.5, 0.6) is 40.2 Å². The van der Waals surface area contributed by atoms with E-state index in [0.29, 0.717) is 84.0 Å². The molecule has 15 heteroatoms. The Morgan fingerprint density at radius 2 is 1.74 bits per heavy atom. The number of piperazine rings is 1. The second kappa shape index (κ2) is 16.1. The summed E-state index contributed by atoms with van der Waals surface area (Å²) in [4.78, 5) is 32.8. The SMILES string of the molecule is CCCOc1cc2c(cc1OC)[C@@]1(CS[C@@H]3c4c(OC(C)=O)c(C)c5c(c4[C@H](COC1=O)N1C3[C@H]3c4c(cc(C)c(OC)c4OCCC)C[C@@H]([C@@H]1C#N)N3C)OCO5)NCC2. The minimum atomic E-state index is -1.29. The van der Waals surface area contributed by atoms with E-state index in [1.54, 1.807) is 26.0 Å². The lowest BCUT2D eigenvalue weighted by Gasteiger charge is -2.62. The van der Waals surface area contributed by atoms with Gasteiger partial charge >= 0.3 is 11.9 Å². The molecule has 14 nitrogen and oxygen atoms in total. The Morgan fingerprint density at radius 1 is 0.967 bits per heavy atom. The summed E-state index contributed by atoms with van der Waals surface area (Å²) in [5, 5.41) is 14.5. The van der Waals surface area contributed by atoms with E-state index in [1.165, 1.54) is 6.92 Å². The molecule has 0 radical (unpaired) electrons. The Balaban J connectivity index is 1.31. The first-order valence-corrected chi connectivity index (χ1v) is 22.3. The fourth-order valence-electron chi connectivity index (χ4n) is 10.8. The lowest BCUT2D eigenvalue weighted by molar-refractivity contribution is -0.157. The first-order valence-electron chi connectivity index (χ1n) is 21.3. The average Bonchev–Trinajstić information content (AvgIpc) is 3.74. The fourth-order valence-corrected chi connectivity index (χ4v) is 12.5. The number of benzene rings is 3. The van der Waals surface area contributed by atoms with E-state index in [4.69, 9.17) is 37.9 Å². The molecule has 7 aliphatic heterocycles. The van der Waals surface area contributed by atoms with Crippen molar-refractivity contribution >= 4 is 23.7 Å². The summed E-state index contributed by atoms with van der Waals surface area (Å²) in [6.07, 6.45) is 2.89. The maximum atomic E-state index is 15.1. The molecule has 7 atom stereocenters. The van der Waals surface area contributed by atoms with E-state index in [1.807, 2.05) is 26.0 Å². The molecule has 7 heterocycles. The number of nitrogens with zero attached hydrogens (tertiary/aromatic N) is 3. The number of fused-ring (bicyclic) bond motifs is 9. The summed E-state index contributed by atoms with van der Waals surface area (Å²) < 4.78 is 50.1. The van der Waals surface area contributed by atoms with Crippen molar-refractivity contribution in [1.29, 1.82) is 5.26 Å². The standard InChI is InChI=1S/C46H54N4O10S/c1-9-13-55-33-17-26-11-12-48-46(28(26)18-32(33)53-7)21-61-44-36-35(43-41(58-22-59-43)24(4)40(36)60-25(5)51)31(20-57-45(46)52)50-30(19-47)29-16-27-15-23(3)39(54-8)42(56-14-10-2)34(27)37(38(44)50)49(29)6/h15,17-18,29-31,37-38,44,48H,9-14,16,20-22H2,1-8H3/t29-,30-,31-,37+,38?,44+,46+/m0/s1. The number of nitrogens with one attached hydrogen (secondary N) is 1. The van der Waals surface area contributed by atoms with Crippen molar-refractivity contribution in [2.45, 2.75) is 101 Å². The Hall–Kier alpha value is -4.88. The molecular formula is C46H54N4O10S. The lowest BCUT2D eigenvalue weighted by Crippen LogP contribution is -2.69. The zero-order valence-corrected chi connectivity index (χ0v) is 36.9. The fraction of sp³-hybridized carbons (Fsp3) is 0.543. The average molecular weight is 855 g/mol. The summed E-state index contributed by atoms with van der Waals surface area (Å²) in [5.41, 5.74) is 5.64. The van der Waals surface area contributed by atoms with Gasteiger partial charge in [0, 0.05) is 53.6 Å². The van der Waals surface area contributed by atoms with Gasteiger partial charge in [0.15, 0.2) is 40.0 Å². The molecule has 1 spiro atoms. The van der Waals surface area contributed by atoms with Gasteiger partial charge in [0.05, 0.1) is 50.8 Å². The first-order chi connectivity index (χ1) is 29.5. The van der Waals surface area contributed by atoms with Gasteiger partial charge < -0.3 is 37.9 Å². The zero-order chi connectivity index (χ0) is 42.9. The summed E-state index contributed by atoms with van der Waals surface area (Å²) in [6, 6.07) is 6.50. The molecule has 2 saturated heterocycles. The van der Waals surface area contributed by atoms with Gasteiger partial charge in [-0.15, -0.1) is 11.8 Å². The van der Waals surface area contributed by atoms with Crippen molar-refractivity contribution in [3.63, 3.8) is 0 Å². The number of hydrogen-bond acceptors (Lipinski definition) is 15. The number of nitriles is 1. The van der Waals surface area contributed by atoms with Crippen molar-refractivity contribution in [2.75, 3.05) is 60.2 Å². The Kier molecular flexibility index (Phi) is 10.9. The molecule has 61 heavy (non-hydrogen) atoms. The topological polar surface area (TPSA) is 150 Å². The van der Waals surface area contributed by atoms with Crippen LogP contribution in [0.4, 0.5) is 0 Å². The molecule has 3 aromatic carbocycles. The van der Waals surface area contributed by atoms with E-state index in [0.717, 1.165) is 46.2 Å². The summed E-state index contributed by atoms with van der Waals surface area (Å²) >= 11 is 1.58. The number of thioether (sulfide) groups is 1. The Morgan fingerprint density at radius 3 is 2.46 bits per heavy atom. The second-order valence-electron chi connectivity index (χ2n) is 16.7. The molecule has 4 bridgehead atoms. The maximum Gasteiger partial charge on any atom is 0.331 e. The zero-order valence-electron chi connectivity index (χ0n) is 36.1. The highest BCUT2D eigenvalue weighted by atomic mass is 32.2. The van der Waals surface area contributed by atoms with Gasteiger partial charge in [-0.05, 0) is 81.0 Å². The Labute approximate surface area is 361 Å². The van der Waals surface area contributed by atoms with Crippen LogP contribution in [0.15, 0.2) is 18.2 Å². The first kappa shape index (κ1) is 41.5. The van der Waals surface area contributed by atoms with Crippen LogP contribution >= 0.6 is 11.8 Å². The maximum absolute atomic E-state index is 15.1. The van der Waals surface area contributed by atoms with Crippen LogP contribution in [-0.4, -0.2) is 100 Å². The van der Waals surface area contributed by atoms with Crippen LogP contribution in [0.25, 0.3) is 0 Å². The van der Waals surface area contributed by atoms with Crippen LogP contribution in [0, 0.1) is 25.2 Å². The number of esters is 2. The third-order valence-corrected chi connectivity index (χ3v) is 14.8. The number of carbonyl (C=O) groups is 2. The highest BCUT2D eigenvalue weighted by molar-refractivity contribution is 7.99. The molecule has 3 aromatic rings. The van der Waals surface area contributed by atoms with Gasteiger partial charge in [-0.2, -0.15) is 5.26 Å². The third-order valence-electron chi connectivity index (χ3n) is 13.3. The molecule has 1 unspecified atom stereocenters. The number of carbonyl (C=O) groups excluding carboxylic acids is 2. The molecule has 7 aliphatic rings. The van der Waals surface area contributed by atoms with Crippen LogP contribution in [-0.2, 0) is 32.7 Å². The second-order valence-corrected chi connectivity index (χ2v) is 17.9. The number of methoxy groups -OCH3 is 2. The van der Waals surface area contributed by atoms with E-state index in [-0.39, 0.29) is 31.2 Å². The van der Waals surface area contributed by atoms with Crippen LogP contribution in [0.3, 0.4) is 0 Å². The van der Waals surface area contributed by atoms with Crippen molar-refractivity contribution in [1.82, 2.24) is 15.1 Å². The van der Waals surface area contributed by atoms with Gasteiger partial charge in [-0.25, -0.2) is 4.79 Å². The van der Waals surface area contributed by atoms with E-state index < -0.39 is 40.9 Å². The van der Waals surface area contributed by atoms with E-state index in [2.05, 4.69) is 48.1 Å². The van der Waals surface area contributed by atoms with Crippen molar-refractivity contribution in [3.8, 4) is 46.3 Å². The molecular weight excluding hydrogens is 801 g/mol. The van der Waals surface area contributed by atoms with Crippen LogP contribution in [0.1, 0.15) is 95.5 Å². The molecule has 0 amide bonds. The number of ether oxygens (including phenoxy) is 8. The summed E-state index contributed by atoms with van der Waals surface area (Å²) in [5.74, 6) is 3.24. The molecule has 324 valence electrons. The highest BCUT2D eigenvalue weighted by Gasteiger charge is 2.62. The molecule has 1 N–H and O–H groups in total. The number of rotatable bonds is 9. The minimum Gasteiger partial charge on any atom is -0.493 e. The predicted octanol–water partition coefficient (Wildman–Crippen LogP) is 6.15. The summed E-state index contributed by atoms with van der Waals surface area (Å²) in [6.45, 7) is 10.8. The quantitative estimate of drug-likeness (QED) is 0.193. The molecule has 10 rings (SSSR count). The van der Waals surface area contributed by atoms with Gasteiger partial charge in [-0.1, -0.05) is 19.9 Å². The van der Waals surface area contributed by atoms with Gasteiger partial charge in [0.2, 0.25) is 6.79 Å². The van der Waals surface area contributed by atoms with Gasteiger partial charge in [-0.3, -0.25) is 19.9 Å². The minimum absolute atomic E-state index is 0.0319. The largest absolute Gasteiger partial charge is 0.493 e. The smallest absolute Gasteiger partial charge is 0.331 e. The van der Waals surface area contributed by atoms with Crippen molar-refractivity contribution < 1.29 is 47.5 Å². The number of hydrogen-bond donors (Lipinski definition) is 1. The van der Waals surface area contributed by atoms with E-state index >= 15 is 4.79 Å². The Bertz CT molecular complexity index is 2330. The predicted molar refractivity (Wildman–Crippen MR) is 226 cm³/mol. The van der Waals surface area contributed by atoms with Crippen molar-refractivity contribution in [3.05, 3.63) is 62.7 Å². The molecule has 0 aliphatic carbocycles.